The summed E-state index contributed by atoms with van der Waals surface area (Å²) in [5.74, 6) is -1.77. The van der Waals surface area contributed by atoms with Gasteiger partial charge in [0.1, 0.15) is 24.9 Å². The van der Waals surface area contributed by atoms with E-state index in [2.05, 4.69) is 5.32 Å². The van der Waals surface area contributed by atoms with Crippen molar-refractivity contribution in [2.45, 2.75) is 51.4 Å². The van der Waals surface area contributed by atoms with Crippen LogP contribution in [0.4, 0.5) is 0 Å². The molecule has 1 aliphatic heterocycles. The molecule has 0 aromatic heterocycles. The molecule has 1 rings (SSSR count). The van der Waals surface area contributed by atoms with Crippen LogP contribution in [0.2, 0.25) is 0 Å². The number of aliphatic hydroxyl groups is 2. The molecule has 0 unspecified atom stereocenters. The third-order valence-corrected chi connectivity index (χ3v) is 2.82. The van der Waals surface area contributed by atoms with Crippen molar-refractivity contribution >= 4 is 17.8 Å². The van der Waals surface area contributed by atoms with E-state index in [1.807, 2.05) is 0 Å². The topological polar surface area (TPSA) is 131 Å². The fourth-order valence-corrected chi connectivity index (χ4v) is 2.00. The van der Waals surface area contributed by atoms with Gasteiger partial charge in [0.25, 0.3) is 0 Å². The molecule has 3 N–H and O–H groups in total. The van der Waals surface area contributed by atoms with Gasteiger partial charge in [-0.1, -0.05) is 0 Å². The molecule has 1 heterocycles. The normalized spacial score (nSPS) is 32.1. The van der Waals surface area contributed by atoms with Crippen LogP contribution >= 0.6 is 0 Å². The predicted molar refractivity (Wildman–Crippen MR) is 66.7 cm³/mol. The van der Waals surface area contributed by atoms with E-state index in [1.165, 1.54) is 13.8 Å². The smallest absolute Gasteiger partial charge is 0.303 e. The van der Waals surface area contributed by atoms with Crippen LogP contribution in [0.25, 0.3) is 0 Å². The van der Waals surface area contributed by atoms with Crippen molar-refractivity contribution in [1.29, 1.82) is 0 Å². The number of nitrogens with one attached hydrogen (secondary N) is 1. The van der Waals surface area contributed by atoms with Crippen LogP contribution in [-0.2, 0) is 28.6 Å². The summed E-state index contributed by atoms with van der Waals surface area (Å²) >= 11 is 0. The summed E-state index contributed by atoms with van der Waals surface area (Å²) in [5.41, 5.74) is 0. The Kier molecular flexibility index (Phi) is 6.06. The molecule has 0 spiro atoms. The van der Waals surface area contributed by atoms with Gasteiger partial charge >= 0.3 is 11.9 Å². The van der Waals surface area contributed by atoms with Gasteiger partial charge in [0.15, 0.2) is 12.4 Å². The first-order chi connectivity index (χ1) is 9.72. The molecule has 9 nitrogen and oxygen atoms in total. The van der Waals surface area contributed by atoms with Crippen molar-refractivity contribution < 1.29 is 38.8 Å². The predicted octanol–water partition coefficient (Wildman–Crippen LogP) is -1.94. The largest absolute Gasteiger partial charge is 0.463 e. The molecule has 21 heavy (non-hydrogen) atoms. The molecule has 5 atom stereocenters. The molecule has 0 aliphatic carbocycles. The number of esters is 2. The van der Waals surface area contributed by atoms with E-state index in [-0.39, 0.29) is 6.61 Å². The van der Waals surface area contributed by atoms with Crippen LogP contribution < -0.4 is 5.32 Å². The molecule has 0 aromatic carbocycles. The van der Waals surface area contributed by atoms with Crippen molar-refractivity contribution in [2.24, 2.45) is 0 Å². The van der Waals surface area contributed by atoms with E-state index in [9.17, 15) is 24.6 Å². The second-order valence-electron chi connectivity index (χ2n) is 4.66. The number of carbonyl (C=O) groups excluding carboxylic acids is 3. The lowest BCUT2D eigenvalue weighted by Crippen LogP contribution is -2.65. The lowest BCUT2D eigenvalue weighted by molar-refractivity contribution is -0.260. The van der Waals surface area contributed by atoms with Crippen molar-refractivity contribution in [2.75, 3.05) is 6.61 Å². The first kappa shape index (κ1) is 17.3. The molecular weight excluding hydrogens is 286 g/mol. The Bertz CT molecular complexity index is 410. The Morgan fingerprint density at radius 1 is 1.14 bits per heavy atom. The summed E-state index contributed by atoms with van der Waals surface area (Å²) < 4.78 is 14.8. The first-order valence-electron chi connectivity index (χ1n) is 6.31. The van der Waals surface area contributed by atoms with Crippen molar-refractivity contribution in [3.63, 3.8) is 0 Å². The third-order valence-electron chi connectivity index (χ3n) is 2.82. The molecule has 1 fully saturated rings. The quantitative estimate of drug-likeness (QED) is 0.511. The monoisotopic (exact) mass is 305 g/mol. The summed E-state index contributed by atoms with van der Waals surface area (Å²) in [6, 6.07) is -1.17. The summed E-state index contributed by atoms with van der Waals surface area (Å²) in [4.78, 5) is 33.0. The van der Waals surface area contributed by atoms with Crippen molar-refractivity contribution in [1.82, 2.24) is 5.32 Å². The van der Waals surface area contributed by atoms with Crippen LogP contribution in [0.15, 0.2) is 0 Å². The zero-order chi connectivity index (χ0) is 16.2. The molecule has 0 aromatic rings. The Morgan fingerprint density at radius 3 is 2.24 bits per heavy atom. The number of hydrogen-bond donors (Lipinski definition) is 3. The number of rotatable bonds is 4. The highest BCUT2D eigenvalue weighted by Gasteiger charge is 2.47. The number of carbonyl (C=O) groups is 3. The summed E-state index contributed by atoms with van der Waals surface area (Å²) in [5, 5.41) is 22.3. The molecule has 1 amide bonds. The average molecular weight is 305 g/mol. The van der Waals surface area contributed by atoms with Gasteiger partial charge in [-0.25, -0.2) is 0 Å². The highest BCUT2D eigenvalue weighted by Crippen LogP contribution is 2.23. The van der Waals surface area contributed by atoms with E-state index >= 15 is 0 Å². The second kappa shape index (κ2) is 7.34. The van der Waals surface area contributed by atoms with Crippen LogP contribution in [0.5, 0.6) is 0 Å². The fourth-order valence-electron chi connectivity index (χ4n) is 2.00. The van der Waals surface area contributed by atoms with Gasteiger partial charge in [0.05, 0.1) is 0 Å². The molecule has 0 bridgehead atoms. The number of amides is 1. The highest BCUT2D eigenvalue weighted by atomic mass is 16.7. The molecular formula is C12H19NO8. The van der Waals surface area contributed by atoms with E-state index in [4.69, 9.17) is 14.2 Å². The summed E-state index contributed by atoms with van der Waals surface area (Å²) in [6.45, 7) is 3.20. The summed E-state index contributed by atoms with van der Waals surface area (Å²) in [7, 11) is 0. The molecule has 0 saturated carbocycles. The molecule has 1 saturated heterocycles. The Labute approximate surface area is 121 Å². The zero-order valence-electron chi connectivity index (χ0n) is 11.9. The molecule has 120 valence electrons. The highest BCUT2D eigenvalue weighted by molar-refractivity contribution is 5.73. The maximum absolute atomic E-state index is 11.1. The van der Waals surface area contributed by atoms with Gasteiger partial charge in [-0.05, 0) is 0 Å². The minimum absolute atomic E-state index is 0.311. The van der Waals surface area contributed by atoms with E-state index in [1.54, 1.807) is 0 Å². The lowest BCUT2D eigenvalue weighted by atomic mass is 9.96. The maximum atomic E-state index is 11.1. The van der Waals surface area contributed by atoms with Crippen molar-refractivity contribution in [3.05, 3.63) is 0 Å². The maximum Gasteiger partial charge on any atom is 0.303 e. The van der Waals surface area contributed by atoms with Gasteiger partial charge in [-0.3, -0.25) is 14.4 Å². The minimum Gasteiger partial charge on any atom is -0.463 e. The molecule has 1 aliphatic rings. The Hall–Kier alpha value is -1.71. The fraction of sp³-hybridized carbons (Fsp3) is 0.750. The number of aliphatic hydroxyl groups excluding tert-OH is 2. The standard InChI is InChI=1S/C12H19NO8/c1-5(14)13-9-10(17)11(20-7(3)16)8(21-12(9)18)4-19-6(2)15/h8-12,17-18H,4H2,1-3H3,(H,13,14)/t8-,9-,10-,11+,12-/m1/s1. The van der Waals surface area contributed by atoms with Gasteiger partial charge in [-0.2, -0.15) is 0 Å². The van der Waals surface area contributed by atoms with Crippen molar-refractivity contribution in [3.8, 4) is 0 Å². The second-order valence-corrected chi connectivity index (χ2v) is 4.66. The van der Waals surface area contributed by atoms with E-state index < -0.39 is 48.5 Å². The van der Waals surface area contributed by atoms with Crippen LogP contribution in [0, 0.1) is 0 Å². The van der Waals surface area contributed by atoms with Crippen LogP contribution in [0.3, 0.4) is 0 Å². The Balaban J connectivity index is 2.86. The van der Waals surface area contributed by atoms with Gasteiger partial charge in [0.2, 0.25) is 5.91 Å². The summed E-state index contributed by atoms with van der Waals surface area (Å²) in [6.07, 6.45) is -5.19. The lowest BCUT2D eigenvalue weighted by Gasteiger charge is -2.41. The van der Waals surface area contributed by atoms with E-state index in [0.717, 1.165) is 6.92 Å². The van der Waals surface area contributed by atoms with Gasteiger partial charge < -0.3 is 29.7 Å². The first-order valence-corrected chi connectivity index (χ1v) is 6.31. The molecule has 0 radical (unpaired) electrons. The minimum atomic E-state index is -1.53. The van der Waals surface area contributed by atoms with E-state index in [0.29, 0.717) is 0 Å². The molecule has 9 heteroatoms. The number of ether oxygens (including phenoxy) is 3. The average Bonchev–Trinajstić information content (AvgIpc) is 2.35. The van der Waals surface area contributed by atoms with Crippen LogP contribution in [-0.4, -0.2) is 65.3 Å². The van der Waals surface area contributed by atoms with Gasteiger partial charge in [0, 0.05) is 20.8 Å². The third kappa shape index (κ3) is 4.96. The Morgan fingerprint density at radius 2 is 1.76 bits per heavy atom. The number of hydrogen-bond acceptors (Lipinski definition) is 8. The zero-order valence-corrected chi connectivity index (χ0v) is 11.9. The SMILES string of the molecule is CC(=O)N[C@@H]1[C@@H](O)[C@@H](OC(C)=O)[C@@H](COC(C)=O)O[C@H]1O. The van der Waals surface area contributed by atoms with Gasteiger partial charge in [-0.15, -0.1) is 0 Å². The van der Waals surface area contributed by atoms with Crippen LogP contribution in [0.1, 0.15) is 20.8 Å².